The van der Waals surface area contributed by atoms with E-state index in [2.05, 4.69) is 48.4 Å². The molecule has 0 fully saturated rings. The van der Waals surface area contributed by atoms with Crippen LogP contribution in [0.25, 0.3) is 11.3 Å². The fourth-order valence-corrected chi connectivity index (χ4v) is 1.95. The summed E-state index contributed by atoms with van der Waals surface area (Å²) in [5.41, 5.74) is 4.61. The molecule has 2 rings (SSSR count). The zero-order valence-electron chi connectivity index (χ0n) is 11.1. The van der Waals surface area contributed by atoms with Crippen LogP contribution in [-0.2, 0) is 6.54 Å². The van der Waals surface area contributed by atoms with Crippen molar-refractivity contribution in [1.82, 2.24) is 10.3 Å². The predicted molar refractivity (Wildman–Crippen MR) is 76.4 cm³/mol. The van der Waals surface area contributed by atoms with Gasteiger partial charge in [-0.25, -0.2) is 0 Å². The van der Waals surface area contributed by atoms with Crippen molar-refractivity contribution in [1.29, 1.82) is 0 Å². The van der Waals surface area contributed by atoms with E-state index in [1.165, 1.54) is 11.1 Å². The average molecular weight is 240 g/mol. The van der Waals surface area contributed by atoms with Crippen LogP contribution in [0, 0.1) is 6.92 Å². The topological polar surface area (TPSA) is 24.9 Å². The van der Waals surface area contributed by atoms with E-state index >= 15 is 0 Å². The molecule has 0 saturated heterocycles. The first-order chi connectivity index (χ1) is 8.81. The number of hydrogen-bond acceptors (Lipinski definition) is 2. The Bertz CT molecular complexity index is 492. The summed E-state index contributed by atoms with van der Waals surface area (Å²) >= 11 is 0. The van der Waals surface area contributed by atoms with E-state index in [4.69, 9.17) is 0 Å². The molecule has 0 saturated carbocycles. The molecule has 0 aliphatic rings. The van der Waals surface area contributed by atoms with Crippen LogP contribution in [0.15, 0.2) is 42.5 Å². The van der Waals surface area contributed by atoms with Crippen LogP contribution < -0.4 is 5.32 Å². The molecule has 18 heavy (non-hydrogen) atoms. The Labute approximate surface area is 109 Å². The van der Waals surface area contributed by atoms with Gasteiger partial charge in [0.2, 0.25) is 0 Å². The van der Waals surface area contributed by atoms with Crippen molar-refractivity contribution in [3.63, 3.8) is 0 Å². The lowest BCUT2D eigenvalue weighted by Gasteiger charge is -2.08. The number of benzene rings is 1. The highest BCUT2D eigenvalue weighted by molar-refractivity contribution is 5.59. The summed E-state index contributed by atoms with van der Waals surface area (Å²) in [5, 5.41) is 3.41. The quantitative estimate of drug-likeness (QED) is 0.808. The Morgan fingerprint density at radius 2 is 1.83 bits per heavy atom. The fourth-order valence-electron chi connectivity index (χ4n) is 1.95. The number of pyridine rings is 1. The van der Waals surface area contributed by atoms with Gasteiger partial charge in [-0.15, -0.1) is 0 Å². The Morgan fingerprint density at radius 3 is 2.50 bits per heavy atom. The average Bonchev–Trinajstić information content (AvgIpc) is 2.42. The molecule has 0 bridgehead atoms. The van der Waals surface area contributed by atoms with Crippen molar-refractivity contribution in [3.05, 3.63) is 53.7 Å². The number of aromatic nitrogens is 1. The maximum Gasteiger partial charge on any atom is 0.0705 e. The standard InChI is InChI=1S/C16H20N2/c1-3-11-17-12-15-9-10-16(18-13(15)2)14-7-5-4-6-8-14/h4-10,17H,3,11-12H2,1-2H3. The van der Waals surface area contributed by atoms with Crippen molar-refractivity contribution in [2.75, 3.05) is 6.54 Å². The molecule has 1 aromatic heterocycles. The van der Waals surface area contributed by atoms with E-state index < -0.39 is 0 Å². The van der Waals surface area contributed by atoms with Crippen LogP contribution >= 0.6 is 0 Å². The summed E-state index contributed by atoms with van der Waals surface area (Å²) in [6.45, 7) is 6.22. The van der Waals surface area contributed by atoms with Gasteiger partial charge in [0.15, 0.2) is 0 Å². The van der Waals surface area contributed by atoms with E-state index in [0.29, 0.717) is 0 Å². The lowest BCUT2D eigenvalue weighted by atomic mass is 10.1. The molecule has 94 valence electrons. The van der Waals surface area contributed by atoms with E-state index in [-0.39, 0.29) is 0 Å². The first kappa shape index (κ1) is 12.8. The molecule has 0 radical (unpaired) electrons. The lowest BCUT2D eigenvalue weighted by molar-refractivity contribution is 0.671. The van der Waals surface area contributed by atoms with Crippen molar-refractivity contribution in [2.45, 2.75) is 26.8 Å². The van der Waals surface area contributed by atoms with E-state index in [1.54, 1.807) is 0 Å². The zero-order chi connectivity index (χ0) is 12.8. The second-order valence-corrected chi connectivity index (χ2v) is 4.48. The molecular formula is C16H20N2. The maximum atomic E-state index is 4.68. The Hall–Kier alpha value is -1.67. The van der Waals surface area contributed by atoms with Gasteiger partial charge >= 0.3 is 0 Å². The van der Waals surface area contributed by atoms with Gasteiger partial charge in [0.1, 0.15) is 0 Å². The molecule has 0 aliphatic heterocycles. The minimum atomic E-state index is 0.905. The highest BCUT2D eigenvalue weighted by atomic mass is 14.9. The third-order valence-electron chi connectivity index (χ3n) is 3.01. The van der Waals surface area contributed by atoms with Crippen LogP contribution in [0.2, 0.25) is 0 Å². The van der Waals surface area contributed by atoms with Gasteiger partial charge < -0.3 is 5.32 Å². The highest BCUT2D eigenvalue weighted by Gasteiger charge is 2.03. The molecule has 2 nitrogen and oxygen atoms in total. The lowest BCUT2D eigenvalue weighted by Crippen LogP contribution is -2.15. The molecular weight excluding hydrogens is 220 g/mol. The summed E-state index contributed by atoms with van der Waals surface area (Å²) in [6.07, 6.45) is 1.16. The number of nitrogens with zero attached hydrogens (tertiary/aromatic N) is 1. The second-order valence-electron chi connectivity index (χ2n) is 4.48. The first-order valence-corrected chi connectivity index (χ1v) is 6.54. The van der Waals surface area contributed by atoms with Crippen molar-refractivity contribution in [2.24, 2.45) is 0 Å². The summed E-state index contributed by atoms with van der Waals surface area (Å²) < 4.78 is 0. The minimum Gasteiger partial charge on any atom is -0.313 e. The summed E-state index contributed by atoms with van der Waals surface area (Å²) in [4.78, 5) is 4.68. The molecule has 0 atom stereocenters. The zero-order valence-corrected chi connectivity index (χ0v) is 11.1. The Kier molecular flexibility index (Phi) is 4.48. The maximum absolute atomic E-state index is 4.68. The fraction of sp³-hybridized carbons (Fsp3) is 0.312. The van der Waals surface area contributed by atoms with Gasteiger partial charge in [0.05, 0.1) is 5.69 Å². The molecule has 1 N–H and O–H groups in total. The number of aryl methyl sites for hydroxylation is 1. The predicted octanol–water partition coefficient (Wildman–Crippen LogP) is 3.56. The largest absolute Gasteiger partial charge is 0.313 e. The molecule has 0 spiro atoms. The number of nitrogens with one attached hydrogen (secondary N) is 1. The molecule has 0 unspecified atom stereocenters. The Balaban J connectivity index is 2.15. The molecule has 2 heteroatoms. The van der Waals surface area contributed by atoms with Crippen molar-refractivity contribution < 1.29 is 0 Å². The van der Waals surface area contributed by atoms with Crippen molar-refractivity contribution in [3.8, 4) is 11.3 Å². The van der Waals surface area contributed by atoms with E-state index in [1.807, 2.05) is 18.2 Å². The van der Waals surface area contributed by atoms with Gasteiger partial charge in [-0.05, 0) is 31.5 Å². The summed E-state index contributed by atoms with van der Waals surface area (Å²) in [5.74, 6) is 0. The van der Waals surface area contributed by atoms with Gasteiger partial charge in [-0.3, -0.25) is 4.98 Å². The van der Waals surface area contributed by atoms with Crippen LogP contribution in [0.3, 0.4) is 0 Å². The number of hydrogen-bond donors (Lipinski definition) is 1. The third kappa shape index (κ3) is 3.17. The van der Waals surface area contributed by atoms with Gasteiger partial charge in [0, 0.05) is 17.8 Å². The van der Waals surface area contributed by atoms with Gasteiger partial charge in [0.25, 0.3) is 0 Å². The van der Waals surface area contributed by atoms with Crippen LogP contribution in [0.4, 0.5) is 0 Å². The Morgan fingerprint density at radius 1 is 1.06 bits per heavy atom. The molecule has 2 aromatic rings. The van der Waals surface area contributed by atoms with Gasteiger partial charge in [-0.2, -0.15) is 0 Å². The monoisotopic (exact) mass is 240 g/mol. The van der Waals surface area contributed by atoms with Crippen LogP contribution in [0.1, 0.15) is 24.6 Å². The highest BCUT2D eigenvalue weighted by Crippen LogP contribution is 2.18. The molecule has 1 aromatic carbocycles. The van der Waals surface area contributed by atoms with E-state index in [0.717, 1.165) is 30.9 Å². The van der Waals surface area contributed by atoms with Gasteiger partial charge in [-0.1, -0.05) is 43.3 Å². The third-order valence-corrected chi connectivity index (χ3v) is 3.01. The first-order valence-electron chi connectivity index (χ1n) is 6.54. The molecule has 0 amide bonds. The number of rotatable bonds is 5. The second kappa shape index (κ2) is 6.31. The molecule has 0 aliphatic carbocycles. The smallest absolute Gasteiger partial charge is 0.0705 e. The normalized spacial score (nSPS) is 10.6. The summed E-state index contributed by atoms with van der Waals surface area (Å²) in [6, 6.07) is 14.6. The van der Waals surface area contributed by atoms with Crippen molar-refractivity contribution >= 4 is 0 Å². The minimum absolute atomic E-state index is 0.905. The van der Waals surface area contributed by atoms with Crippen LogP contribution in [-0.4, -0.2) is 11.5 Å². The summed E-state index contributed by atoms with van der Waals surface area (Å²) in [7, 11) is 0. The van der Waals surface area contributed by atoms with Crippen LogP contribution in [0.5, 0.6) is 0 Å². The van der Waals surface area contributed by atoms with E-state index in [9.17, 15) is 0 Å². The molecule has 1 heterocycles. The SMILES string of the molecule is CCCNCc1ccc(-c2ccccc2)nc1C.